The Morgan fingerprint density at radius 3 is 2.71 bits per heavy atom. The molecule has 7 heteroatoms. The second kappa shape index (κ2) is 5.90. The Kier molecular flexibility index (Phi) is 3.72. The highest BCUT2D eigenvalue weighted by Crippen LogP contribution is 2.40. The third kappa shape index (κ3) is 2.65. The largest absolute Gasteiger partial charge is 0.508 e. The fourth-order valence-electron chi connectivity index (χ4n) is 3.32. The molecule has 6 nitrogen and oxygen atoms in total. The number of aromatic nitrogens is 4. The van der Waals surface area contributed by atoms with Gasteiger partial charge < -0.3 is 10.0 Å². The lowest BCUT2D eigenvalue weighted by Gasteiger charge is -2.23. The highest BCUT2D eigenvalue weighted by atomic mass is 32.1. The predicted molar refractivity (Wildman–Crippen MR) is 94.3 cm³/mol. The summed E-state index contributed by atoms with van der Waals surface area (Å²) in [4.78, 5) is 2.34. The van der Waals surface area contributed by atoms with Crippen LogP contribution in [0.5, 0.6) is 5.75 Å². The lowest BCUT2D eigenvalue weighted by atomic mass is 10.1. The molecule has 2 aromatic heterocycles. The quantitative estimate of drug-likeness (QED) is 0.792. The molecular weight excluding hydrogens is 322 g/mol. The van der Waals surface area contributed by atoms with Crippen LogP contribution in [0.15, 0.2) is 30.5 Å². The Hall–Kier alpha value is -2.41. The summed E-state index contributed by atoms with van der Waals surface area (Å²) in [7, 11) is 1.96. The van der Waals surface area contributed by atoms with Gasteiger partial charge in [0.15, 0.2) is 0 Å². The van der Waals surface area contributed by atoms with Gasteiger partial charge in [0.05, 0.1) is 11.7 Å². The van der Waals surface area contributed by atoms with Crippen LogP contribution in [-0.2, 0) is 7.05 Å². The lowest BCUT2D eigenvalue weighted by Crippen LogP contribution is -2.22. The molecule has 4 rings (SSSR count). The first-order valence-electron chi connectivity index (χ1n) is 8.01. The van der Waals surface area contributed by atoms with E-state index in [9.17, 15) is 5.11 Å². The van der Waals surface area contributed by atoms with Crippen molar-refractivity contribution in [1.82, 2.24) is 20.0 Å². The van der Waals surface area contributed by atoms with E-state index in [1.807, 2.05) is 23.9 Å². The minimum atomic E-state index is 0.259. The highest BCUT2D eigenvalue weighted by molar-refractivity contribution is 7.18. The zero-order chi connectivity index (χ0) is 16.7. The molecule has 0 bridgehead atoms. The van der Waals surface area contributed by atoms with Gasteiger partial charge in [-0.25, -0.2) is 0 Å². The average molecular weight is 341 g/mol. The number of rotatable bonds is 3. The first kappa shape index (κ1) is 15.1. The second-order valence-electron chi connectivity index (χ2n) is 6.13. The summed E-state index contributed by atoms with van der Waals surface area (Å²) in [6, 6.07) is 7.40. The first-order valence-corrected chi connectivity index (χ1v) is 8.83. The van der Waals surface area contributed by atoms with Crippen molar-refractivity contribution in [1.29, 1.82) is 0 Å². The summed E-state index contributed by atoms with van der Waals surface area (Å²) < 4.78 is 1.88. The summed E-state index contributed by atoms with van der Waals surface area (Å²) in [6.07, 6.45) is 4.37. The molecule has 24 heavy (non-hydrogen) atoms. The molecule has 3 heterocycles. The van der Waals surface area contributed by atoms with Gasteiger partial charge in [-0.3, -0.25) is 4.68 Å². The minimum Gasteiger partial charge on any atom is -0.508 e. The maximum absolute atomic E-state index is 9.42. The van der Waals surface area contributed by atoms with E-state index in [4.69, 9.17) is 0 Å². The molecule has 1 unspecified atom stereocenters. The summed E-state index contributed by atoms with van der Waals surface area (Å²) in [5.41, 5.74) is 3.33. The number of aromatic hydroxyl groups is 1. The van der Waals surface area contributed by atoms with Crippen LogP contribution in [0, 0.1) is 6.92 Å². The van der Waals surface area contributed by atoms with Gasteiger partial charge in [0.25, 0.3) is 0 Å². The van der Waals surface area contributed by atoms with Crippen LogP contribution in [-0.4, -0.2) is 31.6 Å². The molecule has 1 aliphatic rings. The van der Waals surface area contributed by atoms with E-state index in [0.717, 1.165) is 40.8 Å². The molecule has 1 fully saturated rings. The number of phenolic OH excluding ortho intramolecular Hbond substituents is 1. The van der Waals surface area contributed by atoms with Gasteiger partial charge >= 0.3 is 0 Å². The molecule has 1 N–H and O–H groups in total. The Bertz CT molecular complexity index is 854. The van der Waals surface area contributed by atoms with Crippen molar-refractivity contribution in [3.8, 4) is 16.3 Å². The zero-order valence-corrected chi connectivity index (χ0v) is 14.5. The molecule has 0 aliphatic carbocycles. The van der Waals surface area contributed by atoms with Crippen molar-refractivity contribution in [2.75, 3.05) is 11.4 Å². The van der Waals surface area contributed by atoms with Crippen LogP contribution in [0.25, 0.3) is 10.6 Å². The van der Waals surface area contributed by atoms with Crippen LogP contribution in [0.1, 0.15) is 30.1 Å². The lowest BCUT2D eigenvalue weighted by molar-refractivity contribution is 0.475. The van der Waals surface area contributed by atoms with Crippen LogP contribution in [0.4, 0.5) is 5.13 Å². The Labute approximate surface area is 144 Å². The number of benzene rings is 1. The number of aryl methyl sites for hydroxylation is 2. The van der Waals surface area contributed by atoms with Crippen molar-refractivity contribution in [2.45, 2.75) is 25.8 Å². The molecule has 1 saturated heterocycles. The van der Waals surface area contributed by atoms with Crippen molar-refractivity contribution in [2.24, 2.45) is 7.05 Å². The molecule has 1 atom stereocenters. The van der Waals surface area contributed by atoms with E-state index in [2.05, 4.69) is 33.3 Å². The molecule has 124 valence electrons. The summed E-state index contributed by atoms with van der Waals surface area (Å²) in [5, 5.41) is 24.5. The fourth-order valence-corrected chi connectivity index (χ4v) is 4.24. The monoisotopic (exact) mass is 341 g/mol. The molecule has 1 aliphatic heterocycles. The minimum absolute atomic E-state index is 0.259. The summed E-state index contributed by atoms with van der Waals surface area (Å²) in [6.45, 7) is 3.05. The number of hydrogen-bond acceptors (Lipinski definition) is 6. The Morgan fingerprint density at radius 2 is 2.00 bits per heavy atom. The Balaban J connectivity index is 1.63. The summed E-state index contributed by atoms with van der Waals surface area (Å²) in [5.74, 6) is 0.259. The van der Waals surface area contributed by atoms with E-state index in [1.165, 1.54) is 5.56 Å². The maximum Gasteiger partial charge on any atom is 0.209 e. The second-order valence-corrected chi connectivity index (χ2v) is 7.09. The molecule has 1 aromatic carbocycles. The maximum atomic E-state index is 9.42. The molecule has 0 spiro atoms. The van der Waals surface area contributed by atoms with Gasteiger partial charge in [0.1, 0.15) is 10.8 Å². The SMILES string of the molecule is Cc1nn(C)cc1C1CCCN1c1nnc(-c2ccc(O)cc2)s1. The van der Waals surface area contributed by atoms with E-state index in [0.29, 0.717) is 6.04 Å². The van der Waals surface area contributed by atoms with E-state index >= 15 is 0 Å². The third-order valence-corrected chi connectivity index (χ3v) is 5.45. The first-order chi connectivity index (χ1) is 11.6. The molecule has 3 aromatic rings. The van der Waals surface area contributed by atoms with Crippen molar-refractivity contribution in [3.05, 3.63) is 41.7 Å². The average Bonchev–Trinajstić information content (AvgIpc) is 3.27. The van der Waals surface area contributed by atoms with Gasteiger partial charge in [-0.2, -0.15) is 5.10 Å². The van der Waals surface area contributed by atoms with Crippen molar-refractivity contribution < 1.29 is 5.11 Å². The van der Waals surface area contributed by atoms with Crippen molar-refractivity contribution in [3.63, 3.8) is 0 Å². The number of hydrogen-bond donors (Lipinski definition) is 1. The normalized spacial score (nSPS) is 17.6. The van der Waals surface area contributed by atoms with Gasteiger partial charge in [-0.15, -0.1) is 10.2 Å². The van der Waals surface area contributed by atoms with Gasteiger partial charge in [0.2, 0.25) is 5.13 Å². The van der Waals surface area contributed by atoms with Crippen LogP contribution in [0.3, 0.4) is 0 Å². The predicted octanol–water partition coefficient (Wildman–Crippen LogP) is 3.29. The van der Waals surface area contributed by atoms with Crippen molar-refractivity contribution >= 4 is 16.5 Å². The van der Waals surface area contributed by atoms with Gasteiger partial charge in [-0.05, 0) is 44.0 Å². The van der Waals surface area contributed by atoms with Gasteiger partial charge in [-0.1, -0.05) is 11.3 Å². The fraction of sp³-hybridized carbons (Fsp3) is 0.353. The van der Waals surface area contributed by atoms with E-state index < -0.39 is 0 Å². The van der Waals surface area contributed by atoms with E-state index in [1.54, 1.807) is 23.5 Å². The smallest absolute Gasteiger partial charge is 0.209 e. The van der Waals surface area contributed by atoms with Crippen LogP contribution < -0.4 is 4.90 Å². The topological polar surface area (TPSA) is 67.1 Å². The van der Waals surface area contributed by atoms with Crippen LogP contribution >= 0.6 is 11.3 Å². The molecule has 0 amide bonds. The zero-order valence-electron chi connectivity index (χ0n) is 13.7. The Morgan fingerprint density at radius 1 is 1.21 bits per heavy atom. The third-order valence-electron chi connectivity index (χ3n) is 4.44. The number of nitrogens with zero attached hydrogens (tertiary/aromatic N) is 5. The highest BCUT2D eigenvalue weighted by Gasteiger charge is 2.31. The van der Waals surface area contributed by atoms with E-state index in [-0.39, 0.29) is 5.75 Å². The standard InChI is InChI=1S/C17H19N5OS/c1-11-14(10-21(2)20-11)15-4-3-9-22(15)17-19-18-16(24-17)12-5-7-13(23)8-6-12/h5-8,10,15,23H,3-4,9H2,1-2H3. The summed E-state index contributed by atoms with van der Waals surface area (Å²) >= 11 is 1.60. The number of phenols is 1. The van der Waals surface area contributed by atoms with Gasteiger partial charge in [0, 0.05) is 30.9 Å². The molecule has 0 saturated carbocycles. The molecule has 0 radical (unpaired) electrons. The number of anilines is 1. The molecular formula is C17H19N5OS. The van der Waals surface area contributed by atoms with Crippen LogP contribution in [0.2, 0.25) is 0 Å².